The number of hydrogen-bond donors (Lipinski definition) is 2. The number of hydrogen-bond acceptors (Lipinski definition) is 4. The van der Waals surface area contributed by atoms with Crippen LogP contribution in [0.5, 0.6) is 0 Å². The Morgan fingerprint density at radius 1 is 1.06 bits per heavy atom. The summed E-state index contributed by atoms with van der Waals surface area (Å²) >= 11 is 0. The van der Waals surface area contributed by atoms with E-state index in [9.17, 15) is 18.0 Å². The van der Waals surface area contributed by atoms with Crippen molar-refractivity contribution in [1.29, 1.82) is 0 Å². The molecule has 3 aliphatic rings. The number of likely N-dealkylation sites (tertiary alicyclic amines) is 1. The maximum atomic E-state index is 12.8. The Labute approximate surface area is 226 Å². The topological polar surface area (TPSA) is 110 Å². The Balaban J connectivity index is 0.00000272. The average Bonchev–Trinajstić information content (AvgIpc) is 3.37. The second kappa shape index (κ2) is 10.5. The fraction of sp³-hybridized carbons (Fsp3) is 0.619. The van der Waals surface area contributed by atoms with Gasteiger partial charge in [-0.3, -0.25) is 4.79 Å². The van der Waals surface area contributed by atoms with Gasteiger partial charge in [0, 0.05) is 5.69 Å². The van der Waals surface area contributed by atoms with Gasteiger partial charge in [-0.15, -0.1) is 0 Å². The molecular weight excluding hydrogens is 443 g/mol. The van der Waals surface area contributed by atoms with Gasteiger partial charge in [-0.05, 0) is 86.7 Å². The van der Waals surface area contributed by atoms with Gasteiger partial charge in [0.05, 0.1) is 5.25 Å². The van der Waals surface area contributed by atoms with Crippen molar-refractivity contribution in [2.75, 3.05) is 25.0 Å². The zero-order valence-corrected chi connectivity index (χ0v) is 22.3. The number of piperidine rings is 1. The number of carbonyl (C=O) groups excluding carboxylic acids is 2. The van der Waals surface area contributed by atoms with E-state index in [2.05, 4.69) is 21.4 Å². The van der Waals surface area contributed by atoms with Crippen molar-refractivity contribution >= 4 is 27.8 Å². The van der Waals surface area contributed by atoms with Crippen LogP contribution in [0.2, 0.25) is 0 Å². The van der Waals surface area contributed by atoms with Crippen LogP contribution in [0, 0.1) is 0 Å². The molecule has 2 N–H and O–H groups in total. The van der Waals surface area contributed by atoms with E-state index in [0.29, 0.717) is 32.5 Å². The number of benzene rings is 1. The minimum absolute atomic E-state index is 0. The van der Waals surface area contributed by atoms with Crippen LogP contribution in [0.4, 0.5) is 15.3 Å². The third-order valence-electron chi connectivity index (χ3n) is 6.39. The third-order valence-corrected chi connectivity index (χ3v) is 8.21. The number of rotatable bonds is 4. The largest absolute Gasteiger partial charge is 1.00 e. The summed E-state index contributed by atoms with van der Waals surface area (Å²) in [6.07, 6.45) is 6.58. The SMILES string of the molecule is CC[N-]C(=O)N1CCC(S(=O)(=O)NC(=O)Nc2c3c(cc4c2CCC4)CCC3)CC1.[K+]. The van der Waals surface area contributed by atoms with Gasteiger partial charge in [-0.1, -0.05) is 19.5 Å². The predicted molar refractivity (Wildman–Crippen MR) is 115 cm³/mol. The van der Waals surface area contributed by atoms with Crippen molar-refractivity contribution in [3.8, 4) is 0 Å². The molecule has 10 heteroatoms. The predicted octanol–water partition coefficient (Wildman–Crippen LogP) is 0.0973. The monoisotopic (exact) mass is 472 g/mol. The van der Waals surface area contributed by atoms with Crippen LogP contribution in [0.3, 0.4) is 0 Å². The van der Waals surface area contributed by atoms with E-state index < -0.39 is 21.3 Å². The number of carbonyl (C=O) groups is 2. The van der Waals surface area contributed by atoms with Crippen molar-refractivity contribution in [3.05, 3.63) is 33.6 Å². The van der Waals surface area contributed by atoms with Crippen LogP contribution >= 0.6 is 0 Å². The molecule has 1 saturated heterocycles. The number of urea groups is 2. The van der Waals surface area contributed by atoms with Crippen molar-refractivity contribution in [1.82, 2.24) is 9.62 Å². The standard InChI is InChI=1S/C21H30N4O4S.K/c1-2-22-21(27)25-11-9-16(10-12-25)30(28,29)24-20(26)23-19-17-7-3-5-14(17)13-15-6-4-8-18(15)19;/h13,16H,2-12H2,1H3,(H3,22,23,24,26,27);/q;+1/p-1. The molecule has 0 aromatic heterocycles. The van der Waals surface area contributed by atoms with Gasteiger partial charge >= 0.3 is 57.4 Å². The first-order valence-corrected chi connectivity index (χ1v) is 12.4. The number of nitrogens with one attached hydrogen (secondary N) is 2. The zero-order valence-electron chi connectivity index (χ0n) is 18.4. The molecule has 4 rings (SSSR count). The Morgan fingerprint density at radius 2 is 1.65 bits per heavy atom. The van der Waals surface area contributed by atoms with Crippen LogP contribution < -0.4 is 61.4 Å². The van der Waals surface area contributed by atoms with E-state index in [4.69, 9.17) is 0 Å². The molecule has 1 fully saturated rings. The quantitative estimate of drug-likeness (QED) is 0.606. The molecule has 4 amide bonds. The second-order valence-corrected chi connectivity index (χ2v) is 10.2. The Hall–Kier alpha value is -0.654. The maximum Gasteiger partial charge on any atom is 1.00 e. The molecule has 1 aliphatic heterocycles. The Kier molecular flexibility index (Phi) is 8.48. The Bertz CT molecular complexity index is 926. The molecule has 164 valence electrons. The number of anilines is 1. The van der Waals surface area contributed by atoms with Crippen LogP contribution in [0.15, 0.2) is 6.07 Å². The molecular formula is C21H29KN4O4S. The number of amides is 4. The molecule has 1 aromatic rings. The van der Waals surface area contributed by atoms with Gasteiger partial charge in [0.25, 0.3) is 0 Å². The Morgan fingerprint density at radius 3 is 2.19 bits per heavy atom. The van der Waals surface area contributed by atoms with Gasteiger partial charge in [0.15, 0.2) is 6.03 Å². The molecule has 31 heavy (non-hydrogen) atoms. The fourth-order valence-electron chi connectivity index (χ4n) is 4.91. The first-order valence-electron chi connectivity index (χ1n) is 10.8. The average molecular weight is 473 g/mol. The summed E-state index contributed by atoms with van der Waals surface area (Å²) in [6.45, 7) is 2.85. The summed E-state index contributed by atoms with van der Waals surface area (Å²) in [6, 6.07) is 1.28. The number of aryl methyl sites for hydroxylation is 2. The van der Waals surface area contributed by atoms with Crippen LogP contribution in [0.1, 0.15) is 54.9 Å². The smallest absolute Gasteiger partial charge is 0.436 e. The van der Waals surface area contributed by atoms with Crippen LogP contribution in [0.25, 0.3) is 5.32 Å². The summed E-state index contributed by atoms with van der Waals surface area (Å²) in [5.41, 5.74) is 5.71. The summed E-state index contributed by atoms with van der Waals surface area (Å²) in [5.74, 6) is 0. The maximum absolute atomic E-state index is 12.8. The minimum atomic E-state index is -3.82. The third kappa shape index (κ3) is 5.47. The summed E-state index contributed by atoms with van der Waals surface area (Å²) in [7, 11) is -3.82. The molecule has 0 radical (unpaired) electrons. The molecule has 1 aromatic carbocycles. The molecule has 0 unspecified atom stereocenters. The summed E-state index contributed by atoms with van der Waals surface area (Å²) in [4.78, 5) is 26.1. The van der Waals surface area contributed by atoms with Crippen LogP contribution in [-0.4, -0.2) is 50.3 Å². The van der Waals surface area contributed by atoms with Gasteiger partial charge in [-0.2, -0.15) is 0 Å². The normalized spacial score (nSPS) is 18.0. The van der Waals surface area contributed by atoms with E-state index in [1.165, 1.54) is 11.1 Å². The second-order valence-electron chi connectivity index (χ2n) is 8.28. The van der Waals surface area contributed by atoms with Crippen molar-refractivity contribution in [3.63, 3.8) is 0 Å². The molecule has 1 heterocycles. The van der Waals surface area contributed by atoms with Gasteiger partial charge in [0.1, 0.15) is 0 Å². The number of sulfonamides is 1. The van der Waals surface area contributed by atoms with Gasteiger partial charge in [-0.25, -0.2) is 17.9 Å². The molecule has 2 aliphatic carbocycles. The molecule has 0 atom stereocenters. The number of nitrogens with zero attached hydrogens (tertiary/aromatic N) is 2. The van der Waals surface area contributed by atoms with E-state index in [-0.39, 0.29) is 57.4 Å². The van der Waals surface area contributed by atoms with Gasteiger partial charge in [0.2, 0.25) is 10.0 Å². The fourth-order valence-corrected chi connectivity index (χ4v) is 6.22. The molecule has 0 bridgehead atoms. The number of fused-ring (bicyclic) bond motifs is 2. The van der Waals surface area contributed by atoms with Crippen molar-refractivity contribution < 1.29 is 69.4 Å². The molecule has 0 saturated carbocycles. The van der Waals surface area contributed by atoms with Crippen molar-refractivity contribution in [2.45, 2.75) is 63.5 Å². The molecule has 0 spiro atoms. The zero-order chi connectivity index (χ0) is 21.3. The molecule has 8 nitrogen and oxygen atoms in total. The van der Waals surface area contributed by atoms with E-state index >= 15 is 0 Å². The van der Waals surface area contributed by atoms with E-state index in [1.807, 2.05) is 0 Å². The first-order chi connectivity index (χ1) is 14.4. The van der Waals surface area contributed by atoms with Gasteiger partial charge < -0.3 is 15.5 Å². The van der Waals surface area contributed by atoms with E-state index in [0.717, 1.165) is 55.3 Å². The minimum Gasteiger partial charge on any atom is -0.436 e. The summed E-state index contributed by atoms with van der Waals surface area (Å²) < 4.78 is 27.7. The first kappa shape index (κ1) is 25.0. The van der Waals surface area contributed by atoms with Crippen molar-refractivity contribution in [2.24, 2.45) is 0 Å². The van der Waals surface area contributed by atoms with E-state index in [1.54, 1.807) is 11.8 Å². The van der Waals surface area contributed by atoms with Crippen LogP contribution in [-0.2, 0) is 35.7 Å². The summed E-state index contributed by atoms with van der Waals surface area (Å²) in [5, 5.41) is 6.02.